The van der Waals surface area contributed by atoms with E-state index in [0.717, 1.165) is 0 Å². The molecule has 2 fully saturated rings. The summed E-state index contributed by atoms with van der Waals surface area (Å²) in [4.78, 5) is 27.6. The minimum absolute atomic E-state index is 0.212. The molecule has 1 saturated heterocycles. The molecule has 0 bridgehead atoms. The van der Waals surface area contributed by atoms with Crippen LogP contribution >= 0.6 is 0 Å². The maximum absolute atomic E-state index is 11.7. The van der Waals surface area contributed by atoms with Crippen LogP contribution in [0.5, 0.6) is 0 Å². The zero-order valence-electron chi connectivity index (χ0n) is 9.06. The van der Waals surface area contributed by atoms with Gasteiger partial charge < -0.3 is 0 Å². The molecular weight excluding hydrogens is 218 g/mol. The van der Waals surface area contributed by atoms with Gasteiger partial charge in [0.2, 0.25) is 17.8 Å². The topological polar surface area (TPSA) is 70.6 Å². The van der Waals surface area contributed by atoms with Crippen LogP contribution in [0.15, 0.2) is 35.3 Å². The summed E-state index contributed by atoms with van der Waals surface area (Å²) >= 11 is 0. The lowest BCUT2D eigenvalue weighted by Gasteiger charge is -2.22. The molecule has 86 valence electrons. The summed E-state index contributed by atoms with van der Waals surface area (Å²) in [6.07, 6.45) is 1.26. The number of hydrogen-bond donors (Lipinski definition) is 2. The van der Waals surface area contributed by atoms with Crippen molar-refractivity contribution in [3.63, 3.8) is 0 Å². The molecule has 0 unspecified atom stereocenters. The smallest absolute Gasteiger partial charge is 0.242 e. The molecule has 2 aliphatic rings. The van der Waals surface area contributed by atoms with E-state index in [-0.39, 0.29) is 17.8 Å². The lowest BCUT2D eigenvalue weighted by molar-refractivity contribution is -0.137. The van der Waals surface area contributed by atoms with E-state index in [9.17, 15) is 9.59 Å². The Morgan fingerprint density at radius 2 is 1.59 bits per heavy atom. The number of benzene rings is 1. The molecule has 5 heteroatoms. The van der Waals surface area contributed by atoms with E-state index in [1.807, 2.05) is 18.2 Å². The van der Waals surface area contributed by atoms with Crippen molar-refractivity contribution >= 4 is 23.5 Å². The maximum atomic E-state index is 11.7. The molecule has 1 aliphatic heterocycles. The highest BCUT2D eigenvalue weighted by Crippen LogP contribution is 2.47. The van der Waals surface area contributed by atoms with Crippen LogP contribution in [0, 0.1) is 5.41 Å². The molecule has 3 rings (SSSR count). The van der Waals surface area contributed by atoms with E-state index in [1.165, 1.54) is 0 Å². The van der Waals surface area contributed by atoms with Gasteiger partial charge in [-0.05, 0) is 25.0 Å². The summed E-state index contributed by atoms with van der Waals surface area (Å²) in [5.41, 5.74) is -0.120. The number of guanidine groups is 1. The predicted octanol–water partition coefficient (Wildman–Crippen LogP) is 0.700. The first-order valence-corrected chi connectivity index (χ1v) is 5.47. The van der Waals surface area contributed by atoms with Crippen molar-refractivity contribution in [1.29, 1.82) is 0 Å². The third-order valence-corrected chi connectivity index (χ3v) is 3.08. The number of rotatable bonds is 1. The first kappa shape index (κ1) is 10.0. The van der Waals surface area contributed by atoms with Gasteiger partial charge >= 0.3 is 0 Å². The highest BCUT2D eigenvalue weighted by Gasteiger charge is 2.59. The number of aliphatic imine (C=N–C) groups is 1. The molecule has 1 aliphatic carbocycles. The van der Waals surface area contributed by atoms with E-state index < -0.39 is 5.41 Å². The number of nitrogens with one attached hydrogen (secondary N) is 2. The first-order valence-electron chi connectivity index (χ1n) is 5.47. The van der Waals surface area contributed by atoms with Crippen LogP contribution < -0.4 is 10.6 Å². The second-order valence-corrected chi connectivity index (χ2v) is 4.29. The Balaban J connectivity index is 1.85. The van der Waals surface area contributed by atoms with Gasteiger partial charge in [0, 0.05) is 0 Å². The molecule has 1 aromatic carbocycles. The Morgan fingerprint density at radius 3 is 2.12 bits per heavy atom. The Bertz CT molecular complexity index is 496. The number of carbonyl (C=O) groups excluding carboxylic acids is 2. The third kappa shape index (κ3) is 1.60. The zero-order chi connectivity index (χ0) is 11.9. The van der Waals surface area contributed by atoms with Crippen molar-refractivity contribution in [3.05, 3.63) is 30.3 Å². The summed E-state index contributed by atoms with van der Waals surface area (Å²) < 4.78 is 0. The van der Waals surface area contributed by atoms with Gasteiger partial charge in [-0.2, -0.15) is 0 Å². The van der Waals surface area contributed by atoms with Crippen LogP contribution in [0.25, 0.3) is 0 Å². The average molecular weight is 229 g/mol. The SMILES string of the molecule is O=C1NC(=Nc2ccccc2)NC(=O)C12CC2. The van der Waals surface area contributed by atoms with E-state index >= 15 is 0 Å². The van der Waals surface area contributed by atoms with Crippen molar-refractivity contribution in [1.82, 2.24) is 10.6 Å². The molecule has 0 radical (unpaired) electrons. The minimum Gasteiger partial charge on any atom is -0.295 e. The Hall–Kier alpha value is -2.17. The highest BCUT2D eigenvalue weighted by atomic mass is 16.2. The molecule has 1 heterocycles. The molecule has 1 saturated carbocycles. The third-order valence-electron chi connectivity index (χ3n) is 3.08. The molecular formula is C12H11N3O2. The van der Waals surface area contributed by atoms with Crippen LogP contribution in [0.4, 0.5) is 5.69 Å². The first-order chi connectivity index (χ1) is 8.21. The summed E-state index contributed by atoms with van der Waals surface area (Å²) in [5, 5.41) is 5.25. The van der Waals surface area contributed by atoms with Gasteiger partial charge in [0.15, 0.2) is 0 Å². The predicted molar refractivity (Wildman–Crippen MR) is 61.5 cm³/mol. The number of amides is 2. The number of carbonyl (C=O) groups is 2. The van der Waals surface area contributed by atoms with Gasteiger partial charge in [0.1, 0.15) is 5.41 Å². The Labute approximate surface area is 97.9 Å². The van der Waals surface area contributed by atoms with Gasteiger partial charge in [-0.3, -0.25) is 20.2 Å². The normalized spacial score (nSPS) is 20.8. The van der Waals surface area contributed by atoms with Crippen molar-refractivity contribution in [3.8, 4) is 0 Å². The van der Waals surface area contributed by atoms with Gasteiger partial charge in [0.25, 0.3) is 0 Å². The van der Waals surface area contributed by atoms with Gasteiger partial charge in [-0.1, -0.05) is 18.2 Å². The number of nitrogens with zero attached hydrogens (tertiary/aromatic N) is 1. The quantitative estimate of drug-likeness (QED) is 0.696. The molecule has 5 nitrogen and oxygen atoms in total. The fourth-order valence-electron chi connectivity index (χ4n) is 1.86. The Kier molecular flexibility index (Phi) is 2.01. The molecule has 0 aromatic heterocycles. The lowest BCUT2D eigenvalue weighted by atomic mass is 10.0. The highest BCUT2D eigenvalue weighted by molar-refractivity contribution is 6.22. The van der Waals surface area contributed by atoms with Crippen molar-refractivity contribution < 1.29 is 9.59 Å². The van der Waals surface area contributed by atoms with Crippen molar-refractivity contribution in [2.45, 2.75) is 12.8 Å². The molecule has 2 N–H and O–H groups in total. The Morgan fingerprint density at radius 1 is 1.00 bits per heavy atom. The fourth-order valence-corrected chi connectivity index (χ4v) is 1.86. The van der Waals surface area contributed by atoms with Crippen LogP contribution in [0.2, 0.25) is 0 Å². The molecule has 1 aromatic rings. The lowest BCUT2D eigenvalue weighted by Crippen LogP contribution is -2.57. The average Bonchev–Trinajstić information content (AvgIpc) is 3.09. The summed E-state index contributed by atoms with van der Waals surface area (Å²) in [6.45, 7) is 0. The second kappa shape index (κ2) is 3.41. The standard InChI is InChI=1S/C12H11N3O2/c16-9-12(6-7-12)10(17)15-11(14-9)13-8-4-2-1-3-5-8/h1-5H,6-7H2,(H2,13,14,15,16,17). The van der Waals surface area contributed by atoms with E-state index in [2.05, 4.69) is 15.6 Å². The largest absolute Gasteiger partial charge is 0.295 e. The molecule has 2 amide bonds. The number of para-hydroxylation sites is 1. The number of hydrogen-bond acceptors (Lipinski definition) is 3. The summed E-state index contributed by atoms with van der Waals surface area (Å²) in [6, 6.07) is 9.16. The van der Waals surface area contributed by atoms with Crippen LogP contribution in [-0.4, -0.2) is 17.8 Å². The van der Waals surface area contributed by atoms with Crippen LogP contribution in [0.1, 0.15) is 12.8 Å². The van der Waals surface area contributed by atoms with Gasteiger partial charge in [-0.25, -0.2) is 4.99 Å². The fraction of sp³-hybridized carbons (Fsp3) is 0.250. The van der Waals surface area contributed by atoms with E-state index in [4.69, 9.17) is 0 Å². The second-order valence-electron chi connectivity index (χ2n) is 4.29. The molecule has 0 atom stereocenters. The van der Waals surface area contributed by atoms with Crippen molar-refractivity contribution in [2.75, 3.05) is 0 Å². The zero-order valence-corrected chi connectivity index (χ0v) is 9.06. The summed E-state index contributed by atoms with van der Waals surface area (Å²) in [7, 11) is 0. The van der Waals surface area contributed by atoms with Crippen molar-refractivity contribution in [2.24, 2.45) is 10.4 Å². The monoisotopic (exact) mass is 229 g/mol. The van der Waals surface area contributed by atoms with Crippen LogP contribution in [0.3, 0.4) is 0 Å². The maximum Gasteiger partial charge on any atom is 0.242 e. The van der Waals surface area contributed by atoms with Gasteiger partial charge in [0.05, 0.1) is 5.69 Å². The van der Waals surface area contributed by atoms with Gasteiger partial charge in [-0.15, -0.1) is 0 Å². The molecule has 1 spiro atoms. The minimum atomic E-state index is -0.810. The van der Waals surface area contributed by atoms with E-state index in [0.29, 0.717) is 18.5 Å². The van der Waals surface area contributed by atoms with E-state index in [1.54, 1.807) is 12.1 Å². The van der Waals surface area contributed by atoms with Crippen LogP contribution in [-0.2, 0) is 9.59 Å². The summed E-state index contributed by atoms with van der Waals surface area (Å²) in [5.74, 6) is -0.268. The molecule has 17 heavy (non-hydrogen) atoms.